The minimum absolute atomic E-state index is 0.0289. The number of halogens is 2. The quantitative estimate of drug-likeness (QED) is 0.924. The summed E-state index contributed by atoms with van der Waals surface area (Å²) in [4.78, 5) is 0. The van der Waals surface area contributed by atoms with Crippen molar-refractivity contribution < 1.29 is 9.13 Å². The molecule has 2 N–H and O–H groups in total. The Morgan fingerprint density at radius 1 is 1.50 bits per heavy atom. The first kappa shape index (κ1) is 11.9. The predicted molar refractivity (Wildman–Crippen MR) is 65.1 cm³/mol. The van der Waals surface area contributed by atoms with Crippen LogP contribution >= 0.6 is 15.9 Å². The van der Waals surface area contributed by atoms with E-state index >= 15 is 0 Å². The molecule has 1 saturated carbocycles. The van der Waals surface area contributed by atoms with Crippen molar-refractivity contribution >= 4 is 15.9 Å². The Labute approximate surface area is 103 Å². The smallest absolute Gasteiger partial charge is 0.135 e. The number of aryl methyl sites for hydroxylation is 1. The fourth-order valence-electron chi connectivity index (χ4n) is 1.71. The molecule has 16 heavy (non-hydrogen) atoms. The lowest BCUT2D eigenvalue weighted by atomic mass is 10.0. The minimum Gasteiger partial charge on any atom is -0.495 e. The van der Waals surface area contributed by atoms with Gasteiger partial charge in [-0.25, -0.2) is 4.39 Å². The molecular formula is C12H15BrFNO. The SMILES string of the molecule is COc1cc(F)c(CCC2(N)CC2)cc1Br. The van der Waals surface area contributed by atoms with Crippen LogP contribution in [0, 0.1) is 5.82 Å². The number of hydrogen-bond donors (Lipinski definition) is 1. The summed E-state index contributed by atoms with van der Waals surface area (Å²) in [6.45, 7) is 0. The molecule has 0 radical (unpaired) electrons. The number of nitrogens with two attached hydrogens (primary N) is 1. The summed E-state index contributed by atoms with van der Waals surface area (Å²) in [6, 6.07) is 3.19. The van der Waals surface area contributed by atoms with Gasteiger partial charge in [0.05, 0.1) is 11.6 Å². The number of ether oxygens (including phenoxy) is 1. The van der Waals surface area contributed by atoms with Gasteiger partial charge in [-0.15, -0.1) is 0 Å². The molecule has 4 heteroatoms. The van der Waals surface area contributed by atoms with Crippen LogP contribution in [0.3, 0.4) is 0 Å². The van der Waals surface area contributed by atoms with Crippen LogP contribution in [0.15, 0.2) is 16.6 Å². The van der Waals surface area contributed by atoms with Crippen LogP contribution in [0.2, 0.25) is 0 Å². The summed E-state index contributed by atoms with van der Waals surface area (Å²) in [5.41, 5.74) is 6.65. The first-order valence-corrected chi connectivity index (χ1v) is 6.14. The molecule has 2 rings (SSSR count). The third kappa shape index (κ3) is 2.55. The third-order valence-corrected chi connectivity index (χ3v) is 3.73. The molecule has 0 atom stereocenters. The number of benzene rings is 1. The van der Waals surface area contributed by atoms with E-state index in [0.717, 1.165) is 23.7 Å². The fraction of sp³-hybridized carbons (Fsp3) is 0.500. The first-order chi connectivity index (χ1) is 7.54. The van der Waals surface area contributed by atoms with Crippen LogP contribution in [-0.2, 0) is 6.42 Å². The molecule has 0 heterocycles. The molecule has 0 amide bonds. The lowest BCUT2D eigenvalue weighted by Crippen LogP contribution is -2.22. The highest BCUT2D eigenvalue weighted by molar-refractivity contribution is 9.10. The summed E-state index contributed by atoms with van der Waals surface area (Å²) < 4.78 is 19.5. The van der Waals surface area contributed by atoms with Crippen molar-refractivity contribution in [2.75, 3.05) is 7.11 Å². The van der Waals surface area contributed by atoms with Crippen molar-refractivity contribution in [1.29, 1.82) is 0 Å². The third-order valence-electron chi connectivity index (χ3n) is 3.11. The molecule has 88 valence electrons. The van der Waals surface area contributed by atoms with Gasteiger partial charge in [0.25, 0.3) is 0 Å². The number of rotatable bonds is 4. The standard InChI is InChI=1S/C12H15BrFNO/c1-16-11-7-10(14)8(6-9(11)13)2-3-12(15)4-5-12/h6-7H,2-5,15H2,1H3. The van der Waals surface area contributed by atoms with Gasteiger partial charge in [-0.2, -0.15) is 0 Å². The summed E-state index contributed by atoms with van der Waals surface area (Å²) in [5.74, 6) is 0.305. The van der Waals surface area contributed by atoms with Gasteiger partial charge in [0.15, 0.2) is 0 Å². The molecule has 0 spiro atoms. The van der Waals surface area contributed by atoms with Gasteiger partial charge in [0.1, 0.15) is 11.6 Å². The summed E-state index contributed by atoms with van der Waals surface area (Å²) in [5, 5.41) is 0. The largest absolute Gasteiger partial charge is 0.495 e. The average molecular weight is 288 g/mol. The highest BCUT2D eigenvalue weighted by Crippen LogP contribution is 2.37. The first-order valence-electron chi connectivity index (χ1n) is 5.35. The van der Waals surface area contributed by atoms with Gasteiger partial charge in [0.2, 0.25) is 0 Å². The maximum Gasteiger partial charge on any atom is 0.135 e. The molecule has 1 aliphatic carbocycles. The van der Waals surface area contributed by atoms with Crippen LogP contribution in [-0.4, -0.2) is 12.6 Å². The average Bonchev–Trinajstić information content (AvgIpc) is 2.98. The summed E-state index contributed by atoms with van der Waals surface area (Å²) >= 11 is 3.35. The molecule has 0 bridgehead atoms. The Hall–Kier alpha value is -0.610. The highest BCUT2D eigenvalue weighted by atomic mass is 79.9. The van der Waals surface area contributed by atoms with Crippen molar-refractivity contribution in [3.63, 3.8) is 0 Å². The van der Waals surface area contributed by atoms with Crippen molar-refractivity contribution in [2.24, 2.45) is 5.73 Å². The van der Waals surface area contributed by atoms with Crippen LogP contribution < -0.4 is 10.5 Å². The summed E-state index contributed by atoms with van der Waals surface area (Å²) in [7, 11) is 1.53. The monoisotopic (exact) mass is 287 g/mol. The van der Waals surface area contributed by atoms with Gasteiger partial charge >= 0.3 is 0 Å². The van der Waals surface area contributed by atoms with Crippen molar-refractivity contribution in [2.45, 2.75) is 31.2 Å². The second-order valence-electron chi connectivity index (χ2n) is 4.44. The van der Waals surface area contributed by atoms with Gasteiger partial charge in [-0.1, -0.05) is 0 Å². The van der Waals surface area contributed by atoms with E-state index in [1.807, 2.05) is 0 Å². The molecule has 0 aliphatic heterocycles. The van der Waals surface area contributed by atoms with Crippen molar-refractivity contribution in [3.05, 3.63) is 28.0 Å². The Kier molecular flexibility index (Phi) is 3.22. The van der Waals surface area contributed by atoms with E-state index in [-0.39, 0.29) is 11.4 Å². The Morgan fingerprint density at radius 3 is 2.75 bits per heavy atom. The molecule has 2 nitrogen and oxygen atoms in total. The maximum absolute atomic E-state index is 13.7. The van der Waals surface area contributed by atoms with E-state index in [1.54, 1.807) is 6.07 Å². The zero-order valence-corrected chi connectivity index (χ0v) is 10.8. The lowest BCUT2D eigenvalue weighted by molar-refractivity contribution is 0.407. The van der Waals surface area contributed by atoms with E-state index in [4.69, 9.17) is 10.5 Å². The molecule has 0 saturated heterocycles. The van der Waals surface area contributed by atoms with Crippen molar-refractivity contribution in [1.82, 2.24) is 0 Å². The van der Waals surface area contributed by atoms with Gasteiger partial charge < -0.3 is 10.5 Å². The van der Waals surface area contributed by atoms with E-state index < -0.39 is 0 Å². The molecular weight excluding hydrogens is 273 g/mol. The fourth-order valence-corrected chi connectivity index (χ4v) is 2.26. The van der Waals surface area contributed by atoms with E-state index in [2.05, 4.69) is 15.9 Å². The zero-order valence-electron chi connectivity index (χ0n) is 9.22. The van der Waals surface area contributed by atoms with Crippen LogP contribution in [0.5, 0.6) is 5.75 Å². The van der Waals surface area contributed by atoms with Gasteiger partial charge in [0, 0.05) is 11.6 Å². The molecule has 0 aromatic heterocycles. The Balaban J connectivity index is 2.11. The Bertz CT molecular complexity index is 404. The van der Waals surface area contributed by atoms with Crippen molar-refractivity contribution in [3.8, 4) is 5.75 Å². The van der Waals surface area contributed by atoms with Crippen LogP contribution in [0.25, 0.3) is 0 Å². The molecule has 1 aromatic carbocycles. The molecule has 0 unspecified atom stereocenters. The Morgan fingerprint density at radius 2 is 2.19 bits per heavy atom. The molecule has 1 aliphatic rings. The molecule has 1 aromatic rings. The van der Waals surface area contributed by atoms with Gasteiger partial charge in [-0.3, -0.25) is 0 Å². The van der Waals surface area contributed by atoms with E-state index in [0.29, 0.717) is 17.7 Å². The highest BCUT2D eigenvalue weighted by Gasteiger charge is 2.37. The van der Waals surface area contributed by atoms with Crippen LogP contribution in [0.4, 0.5) is 4.39 Å². The minimum atomic E-state index is -0.218. The van der Waals surface area contributed by atoms with E-state index in [9.17, 15) is 4.39 Å². The zero-order chi connectivity index (χ0) is 11.8. The van der Waals surface area contributed by atoms with Gasteiger partial charge in [-0.05, 0) is 53.2 Å². The maximum atomic E-state index is 13.7. The second kappa shape index (κ2) is 4.34. The molecule has 1 fully saturated rings. The van der Waals surface area contributed by atoms with Crippen LogP contribution in [0.1, 0.15) is 24.8 Å². The number of hydrogen-bond acceptors (Lipinski definition) is 2. The van der Waals surface area contributed by atoms with E-state index in [1.165, 1.54) is 13.2 Å². The second-order valence-corrected chi connectivity index (χ2v) is 5.29. The normalized spacial score (nSPS) is 17.2. The number of methoxy groups -OCH3 is 1. The lowest BCUT2D eigenvalue weighted by Gasteiger charge is -2.11. The predicted octanol–water partition coefficient (Wildman–Crippen LogP) is 3.02. The summed E-state index contributed by atoms with van der Waals surface area (Å²) in [6.07, 6.45) is 3.66. The topological polar surface area (TPSA) is 35.2 Å².